The van der Waals surface area contributed by atoms with Gasteiger partial charge in [0.05, 0.1) is 26.5 Å². The first-order valence-electron chi connectivity index (χ1n) is 7.10. The van der Waals surface area contributed by atoms with Crippen LogP contribution < -0.4 is 14.8 Å². The van der Waals surface area contributed by atoms with E-state index in [2.05, 4.69) is 10.3 Å². The number of amides is 1. The summed E-state index contributed by atoms with van der Waals surface area (Å²) in [5.41, 5.74) is 1.48. The molecule has 2 rings (SSSR count). The molecule has 0 unspecified atom stereocenters. The van der Waals surface area contributed by atoms with Crippen LogP contribution in [0.5, 0.6) is 11.5 Å². The molecule has 0 aliphatic rings. The number of aromatic nitrogens is 1. The predicted molar refractivity (Wildman–Crippen MR) is 88.4 cm³/mol. The number of methoxy groups -OCH3 is 3. The Kier molecular flexibility index (Phi) is 6.37. The van der Waals surface area contributed by atoms with Gasteiger partial charge in [0.2, 0.25) is 0 Å². The van der Waals surface area contributed by atoms with Crippen LogP contribution in [0.25, 0.3) is 0 Å². The molecule has 0 radical (unpaired) electrons. The van der Waals surface area contributed by atoms with E-state index in [4.69, 9.17) is 14.2 Å². The Bertz CT molecular complexity index is 657. The number of nitrogens with one attached hydrogen (secondary N) is 1. The molecule has 0 bridgehead atoms. The van der Waals surface area contributed by atoms with E-state index in [9.17, 15) is 4.79 Å². The number of carbonyl (C=O) groups is 1. The van der Waals surface area contributed by atoms with E-state index >= 15 is 0 Å². The largest absolute Gasteiger partial charge is 0.493 e. The van der Waals surface area contributed by atoms with E-state index in [1.54, 1.807) is 50.9 Å². The van der Waals surface area contributed by atoms with Crippen LogP contribution in [0, 0.1) is 0 Å². The van der Waals surface area contributed by atoms with Gasteiger partial charge in [-0.05, 0) is 18.2 Å². The standard InChI is InChI=1S/C16H20N2O4S/c1-20-9-15-18-12(10-23-15)6-7-17-16(19)11-4-5-13(21-2)14(8-11)22-3/h4-5,8,10H,6-7,9H2,1-3H3,(H,17,19). The Morgan fingerprint density at radius 1 is 1.22 bits per heavy atom. The van der Waals surface area contributed by atoms with Crippen LogP contribution >= 0.6 is 11.3 Å². The smallest absolute Gasteiger partial charge is 0.251 e. The van der Waals surface area contributed by atoms with Crippen LogP contribution in [0.4, 0.5) is 0 Å². The molecule has 6 nitrogen and oxygen atoms in total. The van der Waals surface area contributed by atoms with Crippen LogP contribution in [0.3, 0.4) is 0 Å². The van der Waals surface area contributed by atoms with Crippen molar-refractivity contribution in [1.29, 1.82) is 0 Å². The lowest BCUT2D eigenvalue weighted by Gasteiger charge is -2.09. The van der Waals surface area contributed by atoms with Crippen molar-refractivity contribution in [2.45, 2.75) is 13.0 Å². The molecule has 1 aromatic carbocycles. The highest BCUT2D eigenvalue weighted by Crippen LogP contribution is 2.27. The third-order valence-corrected chi connectivity index (χ3v) is 4.05. The minimum atomic E-state index is -0.154. The molecule has 2 aromatic rings. The zero-order chi connectivity index (χ0) is 16.7. The number of carbonyl (C=O) groups excluding carboxylic acids is 1. The van der Waals surface area contributed by atoms with Crippen LogP contribution in [-0.4, -0.2) is 38.8 Å². The lowest BCUT2D eigenvalue weighted by molar-refractivity contribution is 0.0953. The van der Waals surface area contributed by atoms with Crippen molar-refractivity contribution in [1.82, 2.24) is 10.3 Å². The van der Waals surface area contributed by atoms with Crippen molar-refractivity contribution in [3.8, 4) is 11.5 Å². The normalized spacial score (nSPS) is 10.4. The van der Waals surface area contributed by atoms with E-state index in [0.29, 0.717) is 36.6 Å². The molecule has 1 aromatic heterocycles. The maximum atomic E-state index is 12.2. The van der Waals surface area contributed by atoms with Gasteiger partial charge in [0, 0.05) is 31.0 Å². The summed E-state index contributed by atoms with van der Waals surface area (Å²) in [5.74, 6) is 0.972. The minimum Gasteiger partial charge on any atom is -0.493 e. The first-order valence-corrected chi connectivity index (χ1v) is 7.98. The second-order valence-electron chi connectivity index (χ2n) is 4.74. The highest BCUT2D eigenvalue weighted by atomic mass is 32.1. The zero-order valence-electron chi connectivity index (χ0n) is 13.4. The van der Waals surface area contributed by atoms with E-state index < -0.39 is 0 Å². The molecule has 0 aliphatic carbocycles. The number of hydrogen-bond acceptors (Lipinski definition) is 6. The topological polar surface area (TPSA) is 69.7 Å². The van der Waals surface area contributed by atoms with Gasteiger partial charge >= 0.3 is 0 Å². The Morgan fingerprint density at radius 2 is 2.00 bits per heavy atom. The highest BCUT2D eigenvalue weighted by molar-refractivity contribution is 7.09. The number of ether oxygens (including phenoxy) is 3. The lowest BCUT2D eigenvalue weighted by atomic mass is 10.2. The number of nitrogens with zero attached hydrogens (tertiary/aromatic N) is 1. The Morgan fingerprint density at radius 3 is 2.70 bits per heavy atom. The van der Waals surface area contributed by atoms with Crippen LogP contribution in [0.1, 0.15) is 21.1 Å². The molecule has 1 amide bonds. The van der Waals surface area contributed by atoms with Crippen molar-refractivity contribution in [2.24, 2.45) is 0 Å². The third kappa shape index (κ3) is 4.67. The molecule has 0 atom stereocenters. The summed E-state index contributed by atoms with van der Waals surface area (Å²) >= 11 is 1.56. The zero-order valence-corrected chi connectivity index (χ0v) is 14.2. The van der Waals surface area contributed by atoms with Gasteiger partial charge in [-0.1, -0.05) is 0 Å². The molecular formula is C16H20N2O4S. The number of thiazole rings is 1. The predicted octanol–water partition coefficient (Wildman–Crippen LogP) is 2.28. The van der Waals surface area contributed by atoms with Crippen molar-refractivity contribution >= 4 is 17.2 Å². The summed E-state index contributed by atoms with van der Waals surface area (Å²) in [6.07, 6.45) is 0.680. The molecule has 1 N–H and O–H groups in total. The summed E-state index contributed by atoms with van der Waals surface area (Å²) in [6.45, 7) is 1.03. The van der Waals surface area contributed by atoms with E-state index in [-0.39, 0.29) is 5.91 Å². The lowest BCUT2D eigenvalue weighted by Crippen LogP contribution is -2.25. The van der Waals surface area contributed by atoms with Crippen LogP contribution in [0.2, 0.25) is 0 Å². The van der Waals surface area contributed by atoms with Crippen LogP contribution in [-0.2, 0) is 17.8 Å². The fraction of sp³-hybridized carbons (Fsp3) is 0.375. The van der Waals surface area contributed by atoms with Crippen LogP contribution in [0.15, 0.2) is 23.6 Å². The average molecular weight is 336 g/mol. The second kappa shape index (κ2) is 8.50. The minimum absolute atomic E-state index is 0.154. The number of benzene rings is 1. The van der Waals surface area contributed by atoms with Crippen molar-refractivity contribution in [2.75, 3.05) is 27.9 Å². The highest BCUT2D eigenvalue weighted by Gasteiger charge is 2.10. The quantitative estimate of drug-likeness (QED) is 0.801. The van der Waals surface area contributed by atoms with E-state index in [1.165, 1.54) is 0 Å². The molecule has 0 saturated heterocycles. The maximum absolute atomic E-state index is 12.2. The fourth-order valence-corrected chi connectivity index (χ4v) is 2.84. The Labute approximate surface area is 139 Å². The summed E-state index contributed by atoms with van der Waals surface area (Å²) in [7, 11) is 4.74. The van der Waals surface area contributed by atoms with E-state index in [1.807, 2.05) is 5.38 Å². The molecule has 0 fully saturated rings. The van der Waals surface area contributed by atoms with Crippen molar-refractivity contribution < 1.29 is 19.0 Å². The molecule has 0 aliphatic heterocycles. The average Bonchev–Trinajstić information content (AvgIpc) is 3.02. The molecule has 7 heteroatoms. The van der Waals surface area contributed by atoms with Gasteiger partial charge in [-0.25, -0.2) is 4.98 Å². The van der Waals surface area contributed by atoms with Gasteiger partial charge in [-0.2, -0.15) is 0 Å². The summed E-state index contributed by atoms with van der Waals surface area (Å²) < 4.78 is 15.4. The van der Waals surface area contributed by atoms with Gasteiger partial charge < -0.3 is 19.5 Å². The summed E-state index contributed by atoms with van der Waals surface area (Å²) in [5, 5.41) is 5.80. The first kappa shape index (κ1) is 17.2. The molecule has 1 heterocycles. The fourth-order valence-electron chi connectivity index (χ4n) is 2.04. The van der Waals surface area contributed by atoms with Gasteiger partial charge in [-0.3, -0.25) is 4.79 Å². The SMILES string of the molecule is COCc1nc(CCNC(=O)c2ccc(OC)c(OC)c2)cs1. The van der Waals surface area contributed by atoms with Gasteiger partial charge in [0.25, 0.3) is 5.91 Å². The van der Waals surface area contributed by atoms with Crippen molar-refractivity contribution in [3.05, 3.63) is 39.8 Å². The maximum Gasteiger partial charge on any atom is 0.251 e. The van der Waals surface area contributed by atoms with E-state index in [0.717, 1.165) is 10.7 Å². The number of rotatable bonds is 8. The molecular weight excluding hydrogens is 316 g/mol. The molecule has 0 saturated carbocycles. The number of hydrogen-bond donors (Lipinski definition) is 1. The second-order valence-corrected chi connectivity index (χ2v) is 5.68. The third-order valence-electron chi connectivity index (χ3n) is 3.18. The first-order chi connectivity index (χ1) is 11.2. The van der Waals surface area contributed by atoms with Gasteiger partial charge in [-0.15, -0.1) is 11.3 Å². The monoisotopic (exact) mass is 336 g/mol. The Balaban J connectivity index is 1.89. The molecule has 23 heavy (non-hydrogen) atoms. The van der Waals surface area contributed by atoms with Gasteiger partial charge in [0.15, 0.2) is 11.5 Å². The summed E-state index contributed by atoms with van der Waals surface area (Å²) in [6, 6.07) is 5.08. The van der Waals surface area contributed by atoms with Crippen molar-refractivity contribution in [3.63, 3.8) is 0 Å². The molecule has 0 spiro atoms. The molecule has 124 valence electrons. The van der Waals surface area contributed by atoms with Gasteiger partial charge in [0.1, 0.15) is 5.01 Å². The Hall–Kier alpha value is -2.12. The summed E-state index contributed by atoms with van der Waals surface area (Å²) in [4.78, 5) is 16.6.